The van der Waals surface area contributed by atoms with E-state index in [1.54, 1.807) is 22.9 Å². The number of carbonyl (C=O) groups excluding carboxylic acids is 1. The van der Waals surface area contributed by atoms with Crippen molar-refractivity contribution in [3.8, 4) is 0 Å². The number of unbranched alkanes of at least 4 members (excludes halogenated alkanes) is 3. The number of hydrogen-bond donors (Lipinski definition) is 3. The Kier molecular flexibility index (Phi) is 7.74. The standard InChI is InChI=1S/C20H25N3O5/c1-2-3-4-5-8-14(11-18(24)25)23-12-17(21-13-23)22-19(26)15-9-6-7-10-16(15)20(27)28/h6-7,9-10,12-14H,2-5,8,11H2,1H3,(H,22,26)(H,24,25)(H,27,28). The number of aromatic nitrogens is 2. The number of carboxylic acids is 2. The number of aliphatic carboxylic acids is 1. The van der Waals surface area contributed by atoms with Gasteiger partial charge in [0.25, 0.3) is 5.91 Å². The topological polar surface area (TPSA) is 122 Å². The van der Waals surface area contributed by atoms with Crippen LogP contribution in [-0.4, -0.2) is 37.6 Å². The molecule has 8 nitrogen and oxygen atoms in total. The molecule has 0 saturated carbocycles. The Hall–Kier alpha value is -3.16. The van der Waals surface area contributed by atoms with Crippen molar-refractivity contribution < 1.29 is 24.6 Å². The van der Waals surface area contributed by atoms with Crippen LogP contribution in [-0.2, 0) is 4.79 Å². The molecule has 0 fully saturated rings. The maximum atomic E-state index is 12.4. The average Bonchev–Trinajstić information content (AvgIpc) is 3.12. The zero-order chi connectivity index (χ0) is 20.5. The second kappa shape index (κ2) is 10.2. The van der Waals surface area contributed by atoms with E-state index in [1.807, 2.05) is 0 Å². The number of amides is 1. The van der Waals surface area contributed by atoms with E-state index in [2.05, 4.69) is 17.2 Å². The molecule has 3 N–H and O–H groups in total. The molecule has 1 aromatic heterocycles. The molecular formula is C20H25N3O5. The number of carboxylic acid groups (broad SMARTS) is 2. The molecule has 0 aliphatic carbocycles. The predicted octanol–water partition coefficient (Wildman–Crippen LogP) is 3.82. The van der Waals surface area contributed by atoms with Gasteiger partial charge < -0.3 is 20.1 Å². The molecule has 0 bridgehead atoms. The molecule has 150 valence electrons. The number of carbonyl (C=O) groups is 3. The zero-order valence-electron chi connectivity index (χ0n) is 15.8. The third kappa shape index (κ3) is 5.94. The first-order chi connectivity index (χ1) is 13.4. The Morgan fingerprint density at radius 2 is 1.82 bits per heavy atom. The van der Waals surface area contributed by atoms with Crippen LogP contribution < -0.4 is 5.32 Å². The molecule has 1 aromatic carbocycles. The van der Waals surface area contributed by atoms with E-state index in [0.717, 1.165) is 25.7 Å². The van der Waals surface area contributed by atoms with Crippen LogP contribution in [0.5, 0.6) is 0 Å². The highest BCUT2D eigenvalue weighted by molar-refractivity contribution is 6.10. The molecule has 1 unspecified atom stereocenters. The molecule has 0 radical (unpaired) electrons. The third-order valence-corrected chi connectivity index (χ3v) is 4.47. The van der Waals surface area contributed by atoms with Gasteiger partial charge in [-0.15, -0.1) is 0 Å². The number of benzene rings is 1. The lowest BCUT2D eigenvalue weighted by atomic mass is 10.0. The average molecular weight is 387 g/mol. The summed E-state index contributed by atoms with van der Waals surface area (Å²) in [4.78, 5) is 39.0. The molecule has 8 heteroatoms. The highest BCUT2D eigenvalue weighted by atomic mass is 16.4. The van der Waals surface area contributed by atoms with E-state index < -0.39 is 17.8 Å². The van der Waals surface area contributed by atoms with Gasteiger partial charge in [0.2, 0.25) is 0 Å². The molecule has 1 heterocycles. The van der Waals surface area contributed by atoms with Crippen molar-refractivity contribution in [2.75, 3.05) is 5.32 Å². The van der Waals surface area contributed by atoms with Crippen LogP contribution in [0.25, 0.3) is 0 Å². The van der Waals surface area contributed by atoms with Crippen LogP contribution in [0.3, 0.4) is 0 Å². The minimum Gasteiger partial charge on any atom is -0.481 e. The van der Waals surface area contributed by atoms with E-state index in [-0.39, 0.29) is 29.4 Å². The van der Waals surface area contributed by atoms with Gasteiger partial charge in [0.1, 0.15) is 0 Å². The van der Waals surface area contributed by atoms with Crippen molar-refractivity contribution in [3.05, 3.63) is 47.9 Å². The number of nitrogens with zero attached hydrogens (tertiary/aromatic N) is 2. The van der Waals surface area contributed by atoms with Crippen molar-refractivity contribution in [1.82, 2.24) is 9.55 Å². The summed E-state index contributed by atoms with van der Waals surface area (Å²) in [6, 6.07) is 5.66. The number of imidazole rings is 1. The first-order valence-corrected chi connectivity index (χ1v) is 9.31. The van der Waals surface area contributed by atoms with E-state index >= 15 is 0 Å². The van der Waals surface area contributed by atoms with Crippen molar-refractivity contribution >= 4 is 23.7 Å². The summed E-state index contributed by atoms with van der Waals surface area (Å²) in [5.74, 6) is -2.42. The zero-order valence-corrected chi connectivity index (χ0v) is 15.8. The van der Waals surface area contributed by atoms with E-state index in [0.29, 0.717) is 6.42 Å². The van der Waals surface area contributed by atoms with Gasteiger partial charge in [0, 0.05) is 12.2 Å². The molecular weight excluding hydrogens is 362 g/mol. The minimum atomic E-state index is -1.19. The van der Waals surface area contributed by atoms with E-state index in [1.165, 1.54) is 18.5 Å². The van der Waals surface area contributed by atoms with Gasteiger partial charge in [0.05, 0.1) is 23.9 Å². The highest BCUT2D eigenvalue weighted by Gasteiger charge is 2.19. The summed E-state index contributed by atoms with van der Waals surface area (Å²) < 4.78 is 1.69. The van der Waals surface area contributed by atoms with Crippen molar-refractivity contribution in [2.24, 2.45) is 0 Å². The van der Waals surface area contributed by atoms with Crippen LogP contribution in [0.1, 0.15) is 72.2 Å². The molecule has 0 saturated heterocycles. The van der Waals surface area contributed by atoms with Crippen LogP contribution >= 0.6 is 0 Å². The summed E-state index contributed by atoms with van der Waals surface area (Å²) in [6.07, 6.45) is 7.90. The first-order valence-electron chi connectivity index (χ1n) is 9.31. The number of rotatable bonds is 11. The van der Waals surface area contributed by atoms with Crippen LogP contribution in [0, 0.1) is 0 Å². The van der Waals surface area contributed by atoms with Gasteiger partial charge in [-0.3, -0.25) is 9.59 Å². The maximum absolute atomic E-state index is 12.4. The van der Waals surface area contributed by atoms with Gasteiger partial charge >= 0.3 is 11.9 Å². The fourth-order valence-corrected chi connectivity index (χ4v) is 3.02. The smallest absolute Gasteiger partial charge is 0.336 e. The molecule has 2 aromatic rings. The Bertz CT molecular complexity index is 831. The lowest BCUT2D eigenvalue weighted by Crippen LogP contribution is -2.16. The number of anilines is 1. The molecule has 0 aliphatic rings. The fourth-order valence-electron chi connectivity index (χ4n) is 3.02. The third-order valence-electron chi connectivity index (χ3n) is 4.47. The van der Waals surface area contributed by atoms with Gasteiger partial charge in [-0.25, -0.2) is 9.78 Å². The molecule has 28 heavy (non-hydrogen) atoms. The molecule has 1 atom stereocenters. The van der Waals surface area contributed by atoms with Gasteiger partial charge in [0.15, 0.2) is 5.82 Å². The van der Waals surface area contributed by atoms with Gasteiger partial charge in [-0.1, -0.05) is 44.7 Å². The summed E-state index contributed by atoms with van der Waals surface area (Å²) in [5, 5.41) is 21.0. The normalized spacial score (nSPS) is 11.8. The van der Waals surface area contributed by atoms with Gasteiger partial charge in [-0.2, -0.15) is 0 Å². The minimum absolute atomic E-state index is 0.0300. The molecule has 0 aliphatic heterocycles. The first kappa shape index (κ1) is 21.1. The SMILES string of the molecule is CCCCCCC(CC(=O)O)n1cnc(NC(=O)c2ccccc2C(=O)O)c1. The number of hydrogen-bond acceptors (Lipinski definition) is 4. The second-order valence-corrected chi connectivity index (χ2v) is 6.61. The largest absolute Gasteiger partial charge is 0.481 e. The number of aromatic carboxylic acids is 1. The highest BCUT2D eigenvalue weighted by Crippen LogP contribution is 2.22. The van der Waals surface area contributed by atoms with Gasteiger partial charge in [-0.05, 0) is 18.6 Å². The van der Waals surface area contributed by atoms with Crippen LogP contribution in [0.4, 0.5) is 5.82 Å². The Morgan fingerprint density at radius 1 is 1.11 bits per heavy atom. The Labute approximate surface area is 163 Å². The van der Waals surface area contributed by atoms with Crippen LogP contribution in [0.2, 0.25) is 0 Å². The van der Waals surface area contributed by atoms with Crippen molar-refractivity contribution in [3.63, 3.8) is 0 Å². The second-order valence-electron chi connectivity index (χ2n) is 6.61. The van der Waals surface area contributed by atoms with E-state index in [9.17, 15) is 24.6 Å². The number of nitrogens with one attached hydrogen (secondary N) is 1. The Balaban J connectivity index is 2.09. The summed E-state index contributed by atoms with van der Waals surface area (Å²) >= 11 is 0. The monoisotopic (exact) mass is 387 g/mol. The Morgan fingerprint density at radius 3 is 2.46 bits per heavy atom. The fraction of sp³-hybridized carbons (Fsp3) is 0.400. The lowest BCUT2D eigenvalue weighted by Gasteiger charge is -2.16. The molecule has 2 rings (SSSR count). The van der Waals surface area contributed by atoms with Crippen molar-refractivity contribution in [2.45, 2.75) is 51.5 Å². The molecule has 0 spiro atoms. The summed E-state index contributed by atoms with van der Waals surface area (Å²) in [5.41, 5.74) is -0.0645. The summed E-state index contributed by atoms with van der Waals surface area (Å²) in [7, 11) is 0. The summed E-state index contributed by atoms with van der Waals surface area (Å²) in [6.45, 7) is 2.11. The van der Waals surface area contributed by atoms with Crippen molar-refractivity contribution in [1.29, 1.82) is 0 Å². The van der Waals surface area contributed by atoms with E-state index in [4.69, 9.17) is 0 Å². The quantitative estimate of drug-likeness (QED) is 0.504. The van der Waals surface area contributed by atoms with Crippen LogP contribution in [0.15, 0.2) is 36.8 Å². The maximum Gasteiger partial charge on any atom is 0.336 e. The lowest BCUT2D eigenvalue weighted by molar-refractivity contribution is -0.138. The predicted molar refractivity (Wildman–Crippen MR) is 104 cm³/mol. The molecule has 1 amide bonds.